The van der Waals surface area contributed by atoms with Crippen molar-refractivity contribution in [1.29, 1.82) is 0 Å². The van der Waals surface area contributed by atoms with Crippen molar-refractivity contribution < 1.29 is 13.2 Å². The molecule has 0 radical (unpaired) electrons. The molecule has 2 rings (SSSR count). The Balaban J connectivity index is 1.83. The third kappa shape index (κ3) is 4.52. The second-order valence-electron chi connectivity index (χ2n) is 4.47. The van der Waals surface area contributed by atoms with E-state index in [2.05, 4.69) is 31.3 Å². The molecule has 0 aromatic carbocycles. The maximum atomic E-state index is 11.9. The van der Waals surface area contributed by atoms with Crippen molar-refractivity contribution in [2.75, 3.05) is 19.6 Å². The summed E-state index contributed by atoms with van der Waals surface area (Å²) in [6, 6.07) is 3.29. The number of nitrogens with one attached hydrogen (secondary N) is 3. The van der Waals surface area contributed by atoms with Crippen LogP contribution < -0.4 is 15.4 Å². The number of rotatable bonds is 5. The predicted octanol–water partition coefficient (Wildman–Crippen LogP) is 0.657. The topological polar surface area (TPSA) is 87.3 Å². The number of carbonyl (C=O) groups excluding carboxylic acids is 1. The fourth-order valence-electron chi connectivity index (χ4n) is 1.92. The second kappa shape index (κ2) is 6.99. The first kappa shape index (κ1) is 15.9. The van der Waals surface area contributed by atoms with Crippen LogP contribution >= 0.6 is 27.3 Å². The van der Waals surface area contributed by atoms with Gasteiger partial charge in [0.25, 0.3) is 10.0 Å². The van der Waals surface area contributed by atoms with Crippen molar-refractivity contribution in [2.45, 2.75) is 23.1 Å². The molecule has 1 aromatic heterocycles. The van der Waals surface area contributed by atoms with Crippen LogP contribution in [-0.4, -0.2) is 40.0 Å². The molecule has 112 valence electrons. The van der Waals surface area contributed by atoms with Gasteiger partial charge in [-0.15, -0.1) is 11.3 Å². The van der Waals surface area contributed by atoms with E-state index in [1.165, 1.54) is 6.07 Å². The number of sulfonamides is 1. The van der Waals surface area contributed by atoms with E-state index in [0.29, 0.717) is 0 Å². The lowest BCUT2D eigenvalue weighted by molar-refractivity contribution is -0.120. The smallest absolute Gasteiger partial charge is 0.250 e. The molecule has 1 aliphatic heterocycles. The lowest BCUT2D eigenvalue weighted by Gasteiger charge is -2.23. The van der Waals surface area contributed by atoms with Crippen molar-refractivity contribution in [2.24, 2.45) is 0 Å². The number of amides is 1. The molecule has 0 aliphatic carbocycles. The minimum Gasteiger partial charge on any atom is -0.352 e. The van der Waals surface area contributed by atoms with Gasteiger partial charge in [0.1, 0.15) is 4.21 Å². The van der Waals surface area contributed by atoms with Crippen LogP contribution in [0, 0.1) is 0 Å². The van der Waals surface area contributed by atoms with E-state index >= 15 is 0 Å². The van der Waals surface area contributed by atoms with Crippen molar-refractivity contribution in [3.63, 3.8) is 0 Å². The van der Waals surface area contributed by atoms with Gasteiger partial charge in [-0.05, 0) is 54.0 Å². The summed E-state index contributed by atoms with van der Waals surface area (Å²) in [5.74, 6) is -0.295. The molecule has 0 saturated carbocycles. The van der Waals surface area contributed by atoms with Crippen molar-refractivity contribution >= 4 is 43.2 Å². The first-order valence-corrected chi connectivity index (χ1v) is 9.32. The molecule has 20 heavy (non-hydrogen) atoms. The quantitative estimate of drug-likeness (QED) is 0.698. The summed E-state index contributed by atoms with van der Waals surface area (Å²) in [5.41, 5.74) is 0. The van der Waals surface area contributed by atoms with Gasteiger partial charge in [-0.3, -0.25) is 4.79 Å². The van der Waals surface area contributed by atoms with Gasteiger partial charge in [0, 0.05) is 6.04 Å². The van der Waals surface area contributed by atoms with E-state index in [1.54, 1.807) is 6.07 Å². The first-order chi connectivity index (χ1) is 9.47. The summed E-state index contributed by atoms with van der Waals surface area (Å²) >= 11 is 4.32. The maximum Gasteiger partial charge on any atom is 0.250 e. The van der Waals surface area contributed by atoms with Crippen LogP contribution in [0.3, 0.4) is 0 Å². The summed E-state index contributed by atoms with van der Waals surface area (Å²) in [5, 5.41) is 6.04. The van der Waals surface area contributed by atoms with Crippen LogP contribution in [0.5, 0.6) is 0 Å². The largest absolute Gasteiger partial charge is 0.352 e. The lowest BCUT2D eigenvalue weighted by Crippen LogP contribution is -2.46. The third-order valence-electron chi connectivity index (χ3n) is 2.94. The van der Waals surface area contributed by atoms with Gasteiger partial charge < -0.3 is 10.6 Å². The predicted molar refractivity (Wildman–Crippen MR) is 81.2 cm³/mol. The Morgan fingerprint density at radius 1 is 1.40 bits per heavy atom. The Bertz CT molecular complexity index is 567. The number of piperidine rings is 1. The van der Waals surface area contributed by atoms with E-state index in [0.717, 1.165) is 41.1 Å². The standard InChI is InChI=1S/C11H16BrN3O3S2/c12-9-1-2-11(19-9)20(17,18)14-7-10(16)15-8-3-5-13-6-4-8/h1-2,8,13-14H,3-7H2,(H,15,16). The highest BCUT2D eigenvalue weighted by molar-refractivity contribution is 9.11. The van der Waals surface area contributed by atoms with E-state index in [-0.39, 0.29) is 22.7 Å². The minimum atomic E-state index is -3.61. The molecule has 1 aromatic rings. The Morgan fingerprint density at radius 2 is 2.10 bits per heavy atom. The van der Waals surface area contributed by atoms with E-state index in [4.69, 9.17) is 0 Å². The van der Waals surface area contributed by atoms with Crippen LogP contribution in [-0.2, 0) is 14.8 Å². The Labute approximate surface area is 130 Å². The van der Waals surface area contributed by atoms with Crippen LogP contribution in [0.2, 0.25) is 0 Å². The number of thiophene rings is 1. The number of halogens is 1. The molecular weight excluding hydrogens is 366 g/mol. The molecule has 1 amide bonds. The highest BCUT2D eigenvalue weighted by Gasteiger charge is 2.19. The molecule has 0 unspecified atom stereocenters. The Hall–Kier alpha value is -0.480. The molecular formula is C11H16BrN3O3S2. The van der Waals surface area contributed by atoms with Crippen LogP contribution in [0.15, 0.2) is 20.1 Å². The second-order valence-corrected chi connectivity index (χ2v) is 8.93. The van der Waals surface area contributed by atoms with Crippen molar-refractivity contribution in [3.05, 3.63) is 15.9 Å². The first-order valence-electron chi connectivity index (χ1n) is 6.22. The molecule has 0 spiro atoms. The number of hydrogen-bond donors (Lipinski definition) is 3. The highest BCUT2D eigenvalue weighted by atomic mass is 79.9. The van der Waals surface area contributed by atoms with E-state index < -0.39 is 10.0 Å². The zero-order chi connectivity index (χ0) is 14.6. The molecule has 1 fully saturated rings. The average molecular weight is 382 g/mol. The molecule has 2 heterocycles. The molecule has 9 heteroatoms. The summed E-state index contributed by atoms with van der Waals surface area (Å²) in [4.78, 5) is 11.7. The summed E-state index contributed by atoms with van der Waals surface area (Å²) < 4.78 is 27.1. The summed E-state index contributed by atoms with van der Waals surface area (Å²) in [7, 11) is -3.61. The van der Waals surface area contributed by atoms with Gasteiger partial charge in [-0.2, -0.15) is 0 Å². The van der Waals surface area contributed by atoms with E-state index in [9.17, 15) is 13.2 Å². The zero-order valence-electron chi connectivity index (χ0n) is 10.7. The summed E-state index contributed by atoms with van der Waals surface area (Å²) in [6.07, 6.45) is 1.74. The molecule has 1 aliphatic rings. The number of hydrogen-bond acceptors (Lipinski definition) is 5. The van der Waals surface area contributed by atoms with Crippen molar-refractivity contribution in [1.82, 2.24) is 15.4 Å². The van der Waals surface area contributed by atoms with Crippen LogP contribution in [0.4, 0.5) is 0 Å². The average Bonchev–Trinajstić information content (AvgIpc) is 2.85. The molecule has 6 nitrogen and oxygen atoms in total. The summed E-state index contributed by atoms with van der Waals surface area (Å²) in [6.45, 7) is 1.52. The number of carbonyl (C=O) groups is 1. The van der Waals surface area contributed by atoms with Crippen LogP contribution in [0.1, 0.15) is 12.8 Å². The van der Waals surface area contributed by atoms with Gasteiger partial charge in [0.2, 0.25) is 5.91 Å². The van der Waals surface area contributed by atoms with E-state index in [1.807, 2.05) is 0 Å². The normalized spacial score (nSPS) is 17.1. The van der Waals surface area contributed by atoms with Gasteiger partial charge >= 0.3 is 0 Å². The Kier molecular flexibility index (Phi) is 5.56. The molecule has 1 saturated heterocycles. The third-order valence-corrected chi connectivity index (χ3v) is 6.46. The molecule has 0 atom stereocenters. The van der Waals surface area contributed by atoms with Crippen LogP contribution in [0.25, 0.3) is 0 Å². The maximum absolute atomic E-state index is 11.9. The molecule has 3 N–H and O–H groups in total. The van der Waals surface area contributed by atoms with Gasteiger partial charge in [0.15, 0.2) is 0 Å². The monoisotopic (exact) mass is 381 g/mol. The lowest BCUT2D eigenvalue weighted by atomic mass is 10.1. The fraction of sp³-hybridized carbons (Fsp3) is 0.545. The Morgan fingerprint density at radius 3 is 2.70 bits per heavy atom. The molecule has 0 bridgehead atoms. The SMILES string of the molecule is O=C(CNS(=O)(=O)c1ccc(Br)s1)NC1CCNCC1. The van der Waals surface area contributed by atoms with Gasteiger partial charge in [-0.1, -0.05) is 0 Å². The fourth-order valence-corrected chi connectivity index (χ4v) is 4.96. The zero-order valence-corrected chi connectivity index (χ0v) is 13.9. The highest BCUT2D eigenvalue weighted by Crippen LogP contribution is 2.25. The van der Waals surface area contributed by atoms with Gasteiger partial charge in [0.05, 0.1) is 10.3 Å². The van der Waals surface area contributed by atoms with Gasteiger partial charge in [-0.25, -0.2) is 13.1 Å². The van der Waals surface area contributed by atoms with Crippen molar-refractivity contribution in [3.8, 4) is 0 Å². The minimum absolute atomic E-state index is 0.129.